The average molecular weight is 465 g/mol. The number of amides is 1. The Morgan fingerprint density at radius 3 is 2.21 bits per heavy atom. The van der Waals surface area contributed by atoms with Gasteiger partial charge in [0.25, 0.3) is 5.91 Å². The number of piperazine rings is 1. The van der Waals surface area contributed by atoms with Crippen molar-refractivity contribution in [1.82, 2.24) is 24.4 Å². The zero-order chi connectivity index (χ0) is 23.7. The number of hydrogen-bond donors (Lipinski definition) is 0. The SMILES string of the molecule is O=C(c1cnn2c(C(F)(F)F)cc(-c3ccccc3)nc12)N1CCN(Cc2ccccc2)CC1. The van der Waals surface area contributed by atoms with Crippen LogP contribution in [0, 0.1) is 0 Å². The summed E-state index contributed by atoms with van der Waals surface area (Å²) >= 11 is 0. The molecule has 0 bridgehead atoms. The van der Waals surface area contributed by atoms with Crippen LogP contribution < -0.4 is 0 Å². The lowest BCUT2D eigenvalue weighted by molar-refractivity contribution is -0.142. The molecule has 4 aromatic rings. The van der Waals surface area contributed by atoms with Crippen LogP contribution in [0.25, 0.3) is 16.9 Å². The van der Waals surface area contributed by atoms with E-state index in [0.717, 1.165) is 12.6 Å². The summed E-state index contributed by atoms with van der Waals surface area (Å²) in [6, 6.07) is 19.6. The molecule has 174 valence electrons. The summed E-state index contributed by atoms with van der Waals surface area (Å²) in [5.74, 6) is -0.361. The second kappa shape index (κ2) is 8.90. The summed E-state index contributed by atoms with van der Waals surface area (Å²) in [4.78, 5) is 21.6. The second-order valence-corrected chi connectivity index (χ2v) is 8.24. The smallest absolute Gasteiger partial charge is 0.336 e. The molecule has 0 spiro atoms. The molecule has 2 aromatic carbocycles. The predicted molar refractivity (Wildman–Crippen MR) is 121 cm³/mol. The van der Waals surface area contributed by atoms with Crippen LogP contribution in [0.3, 0.4) is 0 Å². The molecule has 1 fully saturated rings. The number of carbonyl (C=O) groups is 1. The van der Waals surface area contributed by atoms with E-state index in [-0.39, 0.29) is 22.8 Å². The van der Waals surface area contributed by atoms with Crippen LogP contribution in [0.1, 0.15) is 21.6 Å². The molecule has 0 atom stereocenters. The Hall–Kier alpha value is -3.72. The molecule has 0 saturated carbocycles. The first-order valence-electron chi connectivity index (χ1n) is 11.0. The molecule has 1 amide bonds. The fourth-order valence-corrected chi connectivity index (χ4v) is 4.19. The largest absolute Gasteiger partial charge is 0.433 e. The molecule has 9 heteroatoms. The third-order valence-electron chi connectivity index (χ3n) is 5.97. The Labute approximate surface area is 194 Å². The Kier molecular flexibility index (Phi) is 5.79. The number of nitrogens with zero attached hydrogens (tertiary/aromatic N) is 5. The molecule has 1 saturated heterocycles. The molecule has 1 aliphatic heterocycles. The maximum atomic E-state index is 13.8. The van der Waals surface area contributed by atoms with Gasteiger partial charge in [-0.1, -0.05) is 60.7 Å². The van der Waals surface area contributed by atoms with Crippen molar-refractivity contribution in [2.45, 2.75) is 12.7 Å². The number of carbonyl (C=O) groups excluding carboxylic acids is 1. The molecule has 6 nitrogen and oxygen atoms in total. The standard InChI is InChI=1S/C25H22F3N5O/c26-25(27,28)22-15-21(19-9-5-2-6-10-19)30-23-20(16-29-33(22)23)24(34)32-13-11-31(12-14-32)17-18-7-3-1-4-8-18/h1-10,15-16H,11-14,17H2. The number of fused-ring (bicyclic) bond motifs is 1. The number of hydrogen-bond acceptors (Lipinski definition) is 4. The van der Waals surface area contributed by atoms with Gasteiger partial charge < -0.3 is 4.90 Å². The maximum absolute atomic E-state index is 13.8. The molecule has 3 heterocycles. The summed E-state index contributed by atoms with van der Waals surface area (Å²) in [6.07, 6.45) is -3.47. The Morgan fingerprint density at radius 1 is 0.912 bits per heavy atom. The lowest BCUT2D eigenvalue weighted by atomic mass is 10.1. The summed E-state index contributed by atoms with van der Waals surface area (Å²) in [5, 5.41) is 3.88. The molecule has 34 heavy (non-hydrogen) atoms. The first-order valence-corrected chi connectivity index (χ1v) is 11.0. The number of halogens is 3. The van der Waals surface area contributed by atoms with Gasteiger partial charge in [-0.3, -0.25) is 9.69 Å². The van der Waals surface area contributed by atoms with Gasteiger partial charge in [0, 0.05) is 38.3 Å². The first-order chi connectivity index (χ1) is 16.4. The minimum absolute atomic E-state index is 0.0693. The summed E-state index contributed by atoms with van der Waals surface area (Å²) in [7, 11) is 0. The summed E-state index contributed by atoms with van der Waals surface area (Å²) < 4.78 is 42.1. The van der Waals surface area contributed by atoms with Gasteiger partial charge in [-0.15, -0.1) is 0 Å². The van der Waals surface area contributed by atoms with E-state index in [0.29, 0.717) is 36.3 Å². The van der Waals surface area contributed by atoms with Gasteiger partial charge >= 0.3 is 6.18 Å². The fraction of sp³-hybridized carbons (Fsp3) is 0.240. The molecule has 1 aliphatic rings. The van der Waals surface area contributed by atoms with Crippen LogP contribution in [0.15, 0.2) is 72.9 Å². The molecule has 0 aliphatic carbocycles. The third-order valence-corrected chi connectivity index (χ3v) is 5.97. The van der Waals surface area contributed by atoms with E-state index < -0.39 is 11.9 Å². The van der Waals surface area contributed by atoms with Crippen LogP contribution in [0.5, 0.6) is 0 Å². The lowest BCUT2D eigenvalue weighted by Gasteiger charge is -2.34. The van der Waals surface area contributed by atoms with Crippen molar-refractivity contribution in [2.75, 3.05) is 26.2 Å². The normalized spacial score (nSPS) is 15.1. The van der Waals surface area contributed by atoms with Gasteiger partial charge in [0.15, 0.2) is 11.3 Å². The number of alkyl halides is 3. The molecule has 0 unspecified atom stereocenters. The highest BCUT2D eigenvalue weighted by molar-refractivity contribution is 6.00. The van der Waals surface area contributed by atoms with E-state index in [9.17, 15) is 18.0 Å². The van der Waals surface area contributed by atoms with Crippen LogP contribution in [0.4, 0.5) is 13.2 Å². The van der Waals surface area contributed by atoms with E-state index >= 15 is 0 Å². The number of aromatic nitrogens is 3. The van der Waals surface area contributed by atoms with Crippen LogP contribution >= 0.6 is 0 Å². The summed E-state index contributed by atoms with van der Waals surface area (Å²) in [6.45, 7) is 3.10. The van der Waals surface area contributed by atoms with Gasteiger partial charge in [0.1, 0.15) is 5.56 Å². The van der Waals surface area contributed by atoms with Crippen molar-refractivity contribution in [2.24, 2.45) is 0 Å². The van der Waals surface area contributed by atoms with E-state index in [4.69, 9.17) is 0 Å². The van der Waals surface area contributed by atoms with Crippen LogP contribution in [-0.4, -0.2) is 56.5 Å². The monoisotopic (exact) mass is 465 g/mol. The van der Waals surface area contributed by atoms with Gasteiger partial charge in [0.2, 0.25) is 0 Å². The highest BCUT2D eigenvalue weighted by Crippen LogP contribution is 2.33. The van der Waals surface area contributed by atoms with Gasteiger partial charge in [0.05, 0.1) is 11.9 Å². The average Bonchev–Trinajstić information content (AvgIpc) is 3.28. The third kappa shape index (κ3) is 4.38. The summed E-state index contributed by atoms with van der Waals surface area (Å²) in [5.41, 5.74) is 0.878. The second-order valence-electron chi connectivity index (χ2n) is 8.24. The highest BCUT2D eigenvalue weighted by atomic mass is 19.4. The molecule has 0 N–H and O–H groups in total. The van der Waals surface area contributed by atoms with E-state index in [2.05, 4.69) is 27.1 Å². The maximum Gasteiger partial charge on any atom is 0.433 e. The quantitative estimate of drug-likeness (QED) is 0.449. The van der Waals surface area contributed by atoms with E-state index in [1.54, 1.807) is 35.2 Å². The van der Waals surface area contributed by atoms with E-state index in [1.807, 2.05) is 18.2 Å². The fourth-order valence-electron chi connectivity index (χ4n) is 4.19. The van der Waals surface area contributed by atoms with Gasteiger partial charge in [-0.25, -0.2) is 9.50 Å². The van der Waals surface area contributed by atoms with E-state index in [1.165, 1.54) is 11.8 Å². The highest BCUT2D eigenvalue weighted by Gasteiger charge is 2.36. The Balaban J connectivity index is 1.42. The minimum Gasteiger partial charge on any atom is -0.336 e. The minimum atomic E-state index is -4.65. The molecular weight excluding hydrogens is 443 g/mol. The Bertz CT molecular complexity index is 1300. The molecule has 0 radical (unpaired) electrons. The number of rotatable bonds is 4. The topological polar surface area (TPSA) is 53.7 Å². The first kappa shape index (κ1) is 22.1. The van der Waals surface area contributed by atoms with Crippen molar-refractivity contribution in [3.05, 3.63) is 89.7 Å². The van der Waals surface area contributed by atoms with Crippen molar-refractivity contribution < 1.29 is 18.0 Å². The van der Waals surface area contributed by atoms with Crippen molar-refractivity contribution in [3.63, 3.8) is 0 Å². The van der Waals surface area contributed by atoms with Gasteiger partial charge in [-0.2, -0.15) is 18.3 Å². The molecular formula is C25H22F3N5O. The zero-order valence-corrected chi connectivity index (χ0v) is 18.2. The predicted octanol–water partition coefficient (Wildman–Crippen LogP) is 4.37. The van der Waals surface area contributed by atoms with Crippen LogP contribution in [-0.2, 0) is 12.7 Å². The lowest BCUT2D eigenvalue weighted by Crippen LogP contribution is -2.48. The zero-order valence-electron chi connectivity index (χ0n) is 18.2. The van der Waals surface area contributed by atoms with Crippen molar-refractivity contribution in [3.8, 4) is 11.3 Å². The van der Waals surface area contributed by atoms with Crippen LogP contribution in [0.2, 0.25) is 0 Å². The van der Waals surface area contributed by atoms with Gasteiger partial charge in [-0.05, 0) is 11.6 Å². The number of benzene rings is 2. The van der Waals surface area contributed by atoms with Crippen molar-refractivity contribution in [1.29, 1.82) is 0 Å². The Morgan fingerprint density at radius 2 is 1.56 bits per heavy atom. The molecule has 2 aromatic heterocycles. The molecule has 5 rings (SSSR count). The van der Waals surface area contributed by atoms with Crippen molar-refractivity contribution >= 4 is 11.6 Å².